The van der Waals surface area contributed by atoms with E-state index in [2.05, 4.69) is 11.5 Å². The zero-order valence-corrected chi connectivity index (χ0v) is 9.07. The Morgan fingerprint density at radius 2 is 2.20 bits per heavy atom. The number of benzene rings is 1. The van der Waals surface area contributed by atoms with E-state index in [0.717, 1.165) is 23.1 Å². The van der Waals surface area contributed by atoms with Gasteiger partial charge in [-0.25, -0.2) is 0 Å². The number of hydrogen-bond donors (Lipinski definition) is 2. The normalized spacial score (nSPS) is 13.3. The van der Waals surface area contributed by atoms with Crippen molar-refractivity contribution in [3.8, 4) is 5.75 Å². The minimum Gasteiger partial charge on any atom is -0.507 e. The molecule has 0 aliphatic rings. The minimum atomic E-state index is -0.0169. The molecular weight excluding hydrogens is 188 g/mol. The molecule has 0 saturated heterocycles. The van der Waals surface area contributed by atoms with Gasteiger partial charge in [0.05, 0.1) is 5.52 Å². The van der Waals surface area contributed by atoms with Crippen molar-refractivity contribution in [1.82, 2.24) is 4.57 Å². The smallest absolute Gasteiger partial charge is 0.124 e. The van der Waals surface area contributed by atoms with Crippen molar-refractivity contribution < 1.29 is 5.11 Å². The SMILES string of the molecule is CCn1c(C(C)N)cc2c(O)cccc21. The first-order chi connectivity index (χ1) is 7.15. The molecule has 2 aromatic rings. The standard InChI is InChI=1S/C12H16N2O/c1-3-14-10-5-4-6-12(15)9(10)7-11(14)8(2)13/h4-8,15H,3,13H2,1-2H3. The maximum Gasteiger partial charge on any atom is 0.124 e. The number of nitrogens with zero attached hydrogens (tertiary/aromatic N) is 1. The topological polar surface area (TPSA) is 51.2 Å². The van der Waals surface area contributed by atoms with E-state index < -0.39 is 0 Å². The van der Waals surface area contributed by atoms with Crippen LogP contribution in [0.3, 0.4) is 0 Å². The number of phenolic OH excluding ortho intramolecular Hbond substituents is 1. The highest BCUT2D eigenvalue weighted by Gasteiger charge is 2.12. The second kappa shape index (κ2) is 3.59. The number of aromatic hydroxyl groups is 1. The first-order valence-electron chi connectivity index (χ1n) is 5.21. The number of hydrogen-bond acceptors (Lipinski definition) is 2. The Labute approximate surface area is 89.1 Å². The summed E-state index contributed by atoms with van der Waals surface area (Å²) in [6.07, 6.45) is 0. The molecule has 0 amide bonds. The molecule has 0 bridgehead atoms. The molecule has 1 aromatic carbocycles. The highest BCUT2D eigenvalue weighted by molar-refractivity contribution is 5.87. The van der Waals surface area contributed by atoms with E-state index >= 15 is 0 Å². The van der Waals surface area contributed by atoms with Crippen molar-refractivity contribution in [3.05, 3.63) is 30.0 Å². The van der Waals surface area contributed by atoms with Gasteiger partial charge in [-0.05, 0) is 32.0 Å². The number of phenols is 1. The van der Waals surface area contributed by atoms with Crippen LogP contribution in [0.5, 0.6) is 5.75 Å². The molecular formula is C12H16N2O. The van der Waals surface area contributed by atoms with Crippen LogP contribution in [0.4, 0.5) is 0 Å². The molecule has 0 radical (unpaired) electrons. The molecule has 0 aliphatic heterocycles. The Morgan fingerprint density at radius 1 is 1.47 bits per heavy atom. The third-order valence-electron chi connectivity index (χ3n) is 2.74. The number of aryl methyl sites for hydroxylation is 1. The van der Waals surface area contributed by atoms with Crippen LogP contribution >= 0.6 is 0 Å². The molecule has 3 nitrogen and oxygen atoms in total. The van der Waals surface area contributed by atoms with Crippen molar-refractivity contribution in [2.24, 2.45) is 5.73 Å². The van der Waals surface area contributed by atoms with E-state index in [0.29, 0.717) is 5.75 Å². The van der Waals surface area contributed by atoms with Gasteiger partial charge >= 0.3 is 0 Å². The second-order valence-electron chi connectivity index (χ2n) is 3.81. The van der Waals surface area contributed by atoms with E-state index in [9.17, 15) is 5.11 Å². The largest absolute Gasteiger partial charge is 0.507 e. The highest BCUT2D eigenvalue weighted by atomic mass is 16.3. The summed E-state index contributed by atoms with van der Waals surface area (Å²) in [6, 6.07) is 7.52. The predicted molar refractivity (Wildman–Crippen MR) is 61.9 cm³/mol. The van der Waals surface area contributed by atoms with Crippen LogP contribution in [0, 0.1) is 0 Å². The van der Waals surface area contributed by atoms with E-state index in [1.165, 1.54) is 0 Å². The third kappa shape index (κ3) is 1.49. The Balaban J connectivity index is 2.78. The highest BCUT2D eigenvalue weighted by Crippen LogP contribution is 2.29. The van der Waals surface area contributed by atoms with Crippen molar-refractivity contribution >= 4 is 10.9 Å². The van der Waals surface area contributed by atoms with Gasteiger partial charge < -0.3 is 15.4 Å². The fourth-order valence-corrected chi connectivity index (χ4v) is 2.02. The summed E-state index contributed by atoms with van der Waals surface area (Å²) >= 11 is 0. The van der Waals surface area contributed by atoms with E-state index in [1.807, 2.05) is 25.1 Å². The summed E-state index contributed by atoms with van der Waals surface area (Å²) in [5.41, 5.74) is 8.01. The number of rotatable bonds is 2. The first-order valence-corrected chi connectivity index (χ1v) is 5.21. The Bertz CT molecular complexity index is 486. The van der Waals surface area contributed by atoms with Crippen LogP contribution in [0.25, 0.3) is 10.9 Å². The summed E-state index contributed by atoms with van der Waals surface area (Å²) in [4.78, 5) is 0. The van der Waals surface area contributed by atoms with Crippen LogP contribution < -0.4 is 5.73 Å². The lowest BCUT2D eigenvalue weighted by atomic mass is 10.2. The van der Waals surface area contributed by atoms with E-state index in [1.54, 1.807) is 6.07 Å². The molecule has 1 atom stereocenters. The van der Waals surface area contributed by atoms with Crippen LogP contribution in [0.15, 0.2) is 24.3 Å². The van der Waals surface area contributed by atoms with E-state index in [4.69, 9.17) is 5.73 Å². The maximum absolute atomic E-state index is 9.73. The third-order valence-corrected chi connectivity index (χ3v) is 2.74. The van der Waals surface area contributed by atoms with Crippen LogP contribution in [0.1, 0.15) is 25.6 Å². The molecule has 1 aromatic heterocycles. The maximum atomic E-state index is 9.73. The van der Waals surface area contributed by atoms with Gasteiger partial charge in [-0.2, -0.15) is 0 Å². The van der Waals surface area contributed by atoms with Gasteiger partial charge in [0.1, 0.15) is 5.75 Å². The molecule has 80 valence electrons. The van der Waals surface area contributed by atoms with Gasteiger partial charge in [0.15, 0.2) is 0 Å². The van der Waals surface area contributed by atoms with Crippen LogP contribution in [-0.2, 0) is 6.54 Å². The average Bonchev–Trinajstić information content (AvgIpc) is 2.57. The molecule has 0 fully saturated rings. The Morgan fingerprint density at radius 3 is 2.80 bits per heavy atom. The van der Waals surface area contributed by atoms with Crippen LogP contribution in [-0.4, -0.2) is 9.67 Å². The van der Waals surface area contributed by atoms with E-state index in [-0.39, 0.29) is 6.04 Å². The molecule has 1 unspecified atom stereocenters. The second-order valence-corrected chi connectivity index (χ2v) is 3.81. The van der Waals surface area contributed by atoms with Gasteiger partial charge in [-0.3, -0.25) is 0 Å². The summed E-state index contributed by atoms with van der Waals surface area (Å²) in [5, 5.41) is 10.6. The number of nitrogens with two attached hydrogens (primary N) is 1. The average molecular weight is 204 g/mol. The summed E-state index contributed by atoms with van der Waals surface area (Å²) in [7, 11) is 0. The zero-order valence-electron chi connectivity index (χ0n) is 9.07. The summed E-state index contributed by atoms with van der Waals surface area (Å²) < 4.78 is 2.14. The molecule has 3 N–H and O–H groups in total. The molecule has 1 heterocycles. The molecule has 0 saturated carbocycles. The first kappa shape index (κ1) is 10.1. The van der Waals surface area contributed by atoms with Gasteiger partial charge in [0.25, 0.3) is 0 Å². The van der Waals surface area contributed by atoms with Gasteiger partial charge in [-0.15, -0.1) is 0 Å². The molecule has 0 aliphatic carbocycles. The van der Waals surface area contributed by atoms with Crippen molar-refractivity contribution in [1.29, 1.82) is 0 Å². The zero-order chi connectivity index (χ0) is 11.0. The fraction of sp³-hybridized carbons (Fsp3) is 0.333. The lowest BCUT2D eigenvalue weighted by molar-refractivity contribution is 0.481. The minimum absolute atomic E-state index is 0.0169. The number of fused-ring (bicyclic) bond motifs is 1. The monoisotopic (exact) mass is 204 g/mol. The quantitative estimate of drug-likeness (QED) is 0.789. The van der Waals surface area contributed by atoms with Crippen molar-refractivity contribution in [2.45, 2.75) is 26.4 Å². The molecule has 0 spiro atoms. The fourth-order valence-electron chi connectivity index (χ4n) is 2.02. The molecule has 15 heavy (non-hydrogen) atoms. The van der Waals surface area contributed by atoms with Crippen LogP contribution in [0.2, 0.25) is 0 Å². The Kier molecular flexibility index (Phi) is 2.40. The summed E-state index contributed by atoms with van der Waals surface area (Å²) in [6.45, 7) is 4.90. The Hall–Kier alpha value is -1.48. The van der Waals surface area contributed by atoms with Gasteiger partial charge in [0, 0.05) is 23.7 Å². The summed E-state index contributed by atoms with van der Waals surface area (Å²) in [5.74, 6) is 0.321. The molecule has 3 heteroatoms. The molecule has 2 rings (SSSR count). The van der Waals surface area contributed by atoms with Crippen molar-refractivity contribution in [3.63, 3.8) is 0 Å². The van der Waals surface area contributed by atoms with Gasteiger partial charge in [-0.1, -0.05) is 6.07 Å². The number of aromatic nitrogens is 1. The lowest BCUT2D eigenvalue weighted by Gasteiger charge is -2.10. The van der Waals surface area contributed by atoms with Gasteiger partial charge in [0.2, 0.25) is 0 Å². The van der Waals surface area contributed by atoms with Crippen molar-refractivity contribution in [2.75, 3.05) is 0 Å². The lowest BCUT2D eigenvalue weighted by Crippen LogP contribution is -2.11. The predicted octanol–water partition coefficient (Wildman–Crippen LogP) is 2.39.